The lowest BCUT2D eigenvalue weighted by atomic mass is 10.1. The molecule has 1 fully saturated rings. The highest BCUT2D eigenvalue weighted by molar-refractivity contribution is 7.89. The molecule has 0 saturated carbocycles. The van der Waals surface area contributed by atoms with E-state index in [0.717, 1.165) is 12.8 Å². The molecular formula is C11H17N3O2S. The first-order chi connectivity index (χ1) is 8.14. The average Bonchev–Trinajstić information content (AvgIpc) is 2.40. The Morgan fingerprint density at radius 1 is 1.41 bits per heavy atom. The summed E-state index contributed by atoms with van der Waals surface area (Å²) in [4.78, 5) is 4.14. The van der Waals surface area contributed by atoms with Crippen LogP contribution in [0.15, 0.2) is 29.4 Å². The molecule has 0 spiro atoms. The zero-order chi connectivity index (χ0) is 12.3. The summed E-state index contributed by atoms with van der Waals surface area (Å²) in [6.07, 6.45) is 4.69. The van der Waals surface area contributed by atoms with Crippen molar-refractivity contribution in [1.29, 1.82) is 0 Å². The van der Waals surface area contributed by atoms with Gasteiger partial charge in [-0.25, -0.2) is 8.42 Å². The van der Waals surface area contributed by atoms with Crippen LogP contribution in [0, 0.1) is 0 Å². The molecule has 1 aromatic rings. The summed E-state index contributed by atoms with van der Waals surface area (Å²) in [5, 5.41) is 3.18. The van der Waals surface area contributed by atoms with Gasteiger partial charge in [-0.1, -0.05) is 0 Å². The Morgan fingerprint density at radius 2 is 2.12 bits per heavy atom. The van der Waals surface area contributed by atoms with Gasteiger partial charge in [0.2, 0.25) is 10.0 Å². The number of nitrogens with one attached hydrogen (secondary N) is 1. The molecule has 94 valence electrons. The van der Waals surface area contributed by atoms with Crippen molar-refractivity contribution in [3.8, 4) is 0 Å². The normalized spacial score (nSPS) is 19.4. The van der Waals surface area contributed by atoms with E-state index in [2.05, 4.69) is 10.3 Å². The van der Waals surface area contributed by atoms with Gasteiger partial charge in [-0.05, 0) is 32.0 Å². The molecule has 0 aromatic carbocycles. The van der Waals surface area contributed by atoms with Gasteiger partial charge >= 0.3 is 0 Å². The first-order valence-corrected chi connectivity index (χ1v) is 7.16. The van der Waals surface area contributed by atoms with Crippen LogP contribution in [0.25, 0.3) is 0 Å². The predicted molar refractivity (Wildman–Crippen MR) is 65.1 cm³/mol. The van der Waals surface area contributed by atoms with Gasteiger partial charge in [-0.3, -0.25) is 4.98 Å². The summed E-state index contributed by atoms with van der Waals surface area (Å²) < 4.78 is 26.0. The van der Waals surface area contributed by atoms with E-state index in [1.54, 1.807) is 18.3 Å². The highest BCUT2D eigenvalue weighted by Gasteiger charge is 2.28. The van der Waals surface area contributed by atoms with Crippen LogP contribution in [0.3, 0.4) is 0 Å². The molecule has 0 aliphatic carbocycles. The van der Waals surface area contributed by atoms with Crippen LogP contribution in [0.5, 0.6) is 0 Å². The van der Waals surface area contributed by atoms with Crippen LogP contribution < -0.4 is 5.32 Å². The monoisotopic (exact) mass is 255 g/mol. The second-order valence-electron chi connectivity index (χ2n) is 4.16. The maximum absolute atomic E-state index is 12.2. The maximum atomic E-state index is 12.2. The fourth-order valence-electron chi connectivity index (χ4n) is 2.03. The molecule has 0 atom stereocenters. The molecule has 0 amide bonds. The van der Waals surface area contributed by atoms with E-state index in [1.807, 2.05) is 7.05 Å². The topological polar surface area (TPSA) is 62.3 Å². The summed E-state index contributed by atoms with van der Waals surface area (Å²) in [6.45, 7) is 1.14. The Bertz CT molecular complexity index is 453. The smallest absolute Gasteiger partial charge is 0.244 e. The Morgan fingerprint density at radius 3 is 2.65 bits per heavy atom. The highest BCUT2D eigenvalue weighted by Crippen LogP contribution is 2.19. The Kier molecular flexibility index (Phi) is 3.76. The van der Waals surface area contributed by atoms with Gasteiger partial charge in [0.15, 0.2) is 0 Å². The summed E-state index contributed by atoms with van der Waals surface area (Å²) in [5.74, 6) is 0. The Labute approximate surface area is 102 Å². The Hall–Kier alpha value is -0.980. The van der Waals surface area contributed by atoms with Crippen molar-refractivity contribution >= 4 is 10.0 Å². The van der Waals surface area contributed by atoms with Gasteiger partial charge < -0.3 is 5.32 Å². The number of rotatable bonds is 3. The second kappa shape index (κ2) is 5.12. The lowest BCUT2D eigenvalue weighted by molar-refractivity contribution is 0.298. The molecular weight excluding hydrogens is 238 g/mol. The van der Waals surface area contributed by atoms with Crippen molar-refractivity contribution in [2.45, 2.75) is 23.8 Å². The van der Waals surface area contributed by atoms with Crippen molar-refractivity contribution < 1.29 is 8.42 Å². The van der Waals surface area contributed by atoms with E-state index in [-0.39, 0.29) is 4.90 Å². The molecule has 1 aliphatic heterocycles. The predicted octanol–water partition coefficient (Wildman–Crippen LogP) is 0.454. The third kappa shape index (κ3) is 2.65. The van der Waals surface area contributed by atoms with Crippen LogP contribution in [-0.4, -0.2) is 43.9 Å². The van der Waals surface area contributed by atoms with Crippen molar-refractivity contribution in [1.82, 2.24) is 14.6 Å². The quantitative estimate of drug-likeness (QED) is 0.852. The second-order valence-corrected chi connectivity index (χ2v) is 6.09. The van der Waals surface area contributed by atoms with Gasteiger partial charge in [0.25, 0.3) is 0 Å². The van der Waals surface area contributed by atoms with Crippen molar-refractivity contribution in [3.05, 3.63) is 24.5 Å². The molecule has 0 bridgehead atoms. The molecule has 1 aromatic heterocycles. The molecule has 0 unspecified atom stereocenters. The van der Waals surface area contributed by atoms with E-state index in [1.165, 1.54) is 10.5 Å². The Balaban J connectivity index is 2.13. The van der Waals surface area contributed by atoms with Crippen LogP contribution in [-0.2, 0) is 10.0 Å². The van der Waals surface area contributed by atoms with Gasteiger partial charge in [-0.2, -0.15) is 4.31 Å². The maximum Gasteiger partial charge on any atom is 0.244 e. The van der Waals surface area contributed by atoms with E-state index in [0.29, 0.717) is 19.1 Å². The van der Waals surface area contributed by atoms with Crippen molar-refractivity contribution in [2.24, 2.45) is 0 Å². The number of piperidine rings is 1. The highest BCUT2D eigenvalue weighted by atomic mass is 32.2. The van der Waals surface area contributed by atoms with E-state index < -0.39 is 10.0 Å². The molecule has 6 heteroatoms. The largest absolute Gasteiger partial charge is 0.317 e. The van der Waals surface area contributed by atoms with E-state index in [4.69, 9.17) is 0 Å². The van der Waals surface area contributed by atoms with Crippen LogP contribution >= 0.6 is 0 Å². The number of hydrogen-bond acceptors (Lipinski definition) is 4. The molecule has 1 N–H and O–H groups in total. The molecule has 0 radical (unpaired) electrons. The fraction of sp³-hybridized carbons (Fsp3) is 0.545. The average molecular weight is 255 g/mol. The molecule has 2 rings (SSSR count). The summed E-state index contributed by atoms with van der Waals surface area (Å²) >= 11 is 0. The van der Waals surface area contributed by atoms with Crippen LogP contribution in [0.2, 0.25) is 0 Å². The molecule has 2 heterocycles. The van der Waals surface area contributed by atoms with Gasteiger partial charge in [0.1, 0.15) is 4.90 Å². The number of aromatic nitrogens is 1. The summed E-state index contributed by atoms with van der Waals surface area (Å²) in [5.41, 5.74) is 0. The fourth-order valence-corrected chi connectivity index (χ4v) is 3.47. The van der Waals surface area contributed by atoms with Gasteiger partial charge in [0, 0.05) is 31.5 Å². The third-order valence-electron chi connectivity index (χ3n) is 3.13. The molecule has 5 nitrogen and oxygen atoms in total. The minimum absolute atomic E-state index is 0.280. The first-order valence-electron chi connectivity index (χ1n) is 5.72. The number of pyridine rings is 1. The number of hydrogen-bond donors (Lipinski definition) is 1. The number of nitrogens with zero attached hydrogens (tertiary/aromatic N) is 2. The third-order valence-corrected chi connectivity index (χ3v) is 5.02. The molecule has 1 aliphatic rings. The van der Waals surface area contributed by atoms with Gasteiger partial charge in [-0.15, -0.1) is 0 Å². The zero-order valence-corrected chi connectivity index (χ0v) is 10.7. The minimum Gasteiger partial charge on any atom is -0.317 e. The lowest BCUT2D eigenvalue weighted by Crippen LogP contribution is -2.43. The lowest BCUT2D eigenvalue weighted by Gasteiger charge is -2.30. The van der Waals surface area contributed by atoms with E-state index >= 15 is 0 Å². The number of sulfonamides is 1. The molecule has 17 heavy (non-hydrogen) atoms. The molecule has 1 saturated heterocycles. The van der Waals surface area contributed by atoms with Gasteiger partial charge in [0.05, 0.1) is 0 Å². The summed E-state index contributed by atoms with van der Waals surface area (Å²) in [7, 11) is -1.44. The standard InChI is InChI=1S/C11H17N3O2S/c1-12-10-4-7-14(8-5-10)17(15,16)11-3-2-6-13-9-11/h2-3,6,9-10,12H,4-5,7-8H2,1H3. The van der Waals surface area contributed by atoms with Crippen LogP contribution in [0.1, 0.15) is 12.8 Å². The first kappa shape index (κ1) is 12.5. The van der Waals surface area contributed by atoms with Crippen molar-refractivity contribution in [2.75, 3.05) is 20.1 Å². The van der Waals surface area contributed by atoms with Crippen LogP contribution in [0.4, 0.5) is 0 Å². The minimum atomic E-state index is -3.35. The van der Waals surface area contributed by atoms with Crippen molar-refractivity contribution in [3.63, 3.8) is 0 Å². The SMILES string of the molecule is CNC1CCN(S(=O)(=O)c2cccnc2)CC1. The van der Waals surface area contributed by atoms with E-state index in [9.17, 15) is 8.42 Å². The zero-order valence-electron chi connectivity index (χ0n) is 9.83. The summed E-state index contributed by atoms with van der Waals surface area (Å²) in [6, 6.07) is 3.66.